The van der Waals surface area contributed by atoms with Crippen molar-refractivity contribution >= 4 is 23.3 Å². The van der Waals surface area contributed by atoms with E-state index in [9.17, 15) is 4.79 Å². The van der Waals surface area contributed by atoms with Gasteiger partial charge in [-0.15, -0.1) is 0 Å². The predicted molar refractivity (Wildman–Crippen MR) is 77.6 cm³/mol. The fourth-order valence-corrected chi connectivity index (χ4v) is 2.46. The van der Waals surface area contributed by atoms with Crippen molar-refractivity contribution in [1.29, 1.82) is 0 Å². The Kier molecular flexibility index (Phi) is 5.17. The molecule has 2 heterocycles. The van der Waals surface area contributed by atoms with Crippen molar-refractivity contribution in [3.05, 3.63) is 22.8 Å². The minimum atomic E-state index is -0.210. The number of aromatic nitrogens is 1. The Balaban J connectivity index is 2.05. The first-order valence-electron chi connectivity index (χ1n) is 6.58. The van der Waals surface area contributed by atoms with E-state index in [1.54, 1.807) is 24.1 Å². The largest absolute Gasteiger partial charge is 0.381 e. The van der Waals surface area contributed by atoms with Gasteiger partial charge in [0.2, 0.25) is 0 Å². The van der Waals surface area contributed by atoms with Crippen LogP contribution < -0.4 is 11.3 Å². The number of nitrogens with one attached hydrogen (secondary N) is 1. The molecule has 7 heteroatoms. The molecule has 6 nitrogen and oxygen atoms in total. The number of carbonyl (C=O) groups is 1. The van der Waals surface area contributed by atoms with Crippen molar-refractivity contribution in [2.24, 2.45) is 11.8 Å². The molecule has 1 unspecified atom stereocenters. The summed E-state index contributed by atoms with van der Waals surface area (Å²) in [5, 5.41) is 0.320. The smallest absolute Gasteiger partial charge is 0.273 e. The average molecular weight is 299 g/mol. The standard InChI is InChI=1S/C13H19ClN4O2/c1-18(7-9-3-2-6-20-8-9)13(19)12-10(14)4-5-11(16-12)17-15/h4-5,9H,2-3,6-8,15H2,1H3,(H,16,17). The number of ether oxygens (including phenoxy) is 1. The Bertz CT molecular complexity index is 477. The summed E-state index contributed by atoms with van der Waals surface area (Å²) in [6.45, 7) is 2.14. The van der Waals surface area contributed by atoms with Gasteiger partial charge in [0.15, 0.2) is 0 Å². The molecule has 3 N–H and O–H groups in total. The highest BCUT2D eigenvalue weighted by atomic mass is 35.5. The normalized spacial score (nSPS) is 18.6. The summed E-state index contributed by atoms with van der Waals surface area (Å²) < 4.78 is 5.42. The van der Waals surface area contributed by atoms with E-state index < -0.39 is 0 Å². The minimum Gasteiger partial charge on any atom is -0.381 e. The number of pyridine rings is 1. The van der Waals surface area contributed by atoms with Gasteiger partial charge >= 0.3 is 0 Å². The summed E-state index contributed by atoms with van der Waals surface area (Å²) in [5.74, 6) is 5.86. The number of nitrogens with two attached hydrogens (primary N) is 1. The first-order valence-corrected chi connectivity index (χ1v) is 6.96. The zero-order chi connectivity index (χ0) is 14.5. The van der Waals surface area contributed by atoms with Crippen molar-refractivity contribution in [3.8, 4) is 0 Å². The van der Waals surface area contributed by atoms with Crippen LogP contribution >= 0.6 is 11.6 Å². The van der Waals surface area contributed by atoms with E-state index >= 15 is 0 Å². The van der Waals surface area contributed by atoms with E-state index in [2.05, 4.69) is 10.4 Å². The summed E-state index contributed by atoms with van der Waals surface area (Å²) >= 11 is 6.03. The zero-order valence-electron chi connectivity index (χ0n) is 11.4. The van der Waals surface area contributed by atoms with Gasteiger partial charge in [-0.05, 0) is 30.9 Å². The number of hydrazine groups is 1. The van der Waals surface area contributed by atoms with E-state index in [0.717, 1.165) is 19.4 Å². The third-order valence-corrected chi connectivity index (χ3v) is 3.63. The Morgan fingerprint density at radius 2 is 2.45 bits per heavy atom. The molecule has 1 atom stereocenters. The Labute approximate surface area is 123 Å². The van der Waals surface area contributed by atoms with E-state index in [1.165, 1.54) is 0 Å². The maximum absolute atomic E-state index is 12.4. The first kappa shape index (κ1) is 15.0. The van der Waals surface area contributed by atoms with Gasteiger partial charge in [0.05, 0.1) is 11.6 Å². The monoisotopic (exact) mass is 298 g/mol. The molecule has 0 aliphatic carbocycles. The molecular weight excluding hydrogens is 280 g/mol. The van der Waals surface area contributed by atoms with Crippen LogP contribution in [0, 0.1) is 5.92 Å². The number of hydrogen-bond acceptors (Lipinski definition) is 5. The van der Waals surface area contributed by atoms with Crippen LogP contribution in [0.4, 0.5) is 5.82 Å². The van der Waals surface area contributed by atoms with E-state index in [-0.39, 0.29) is 11.6 Å². The molecule has 0 radical (unpaired) electrons. The second kappa shape index (κ2) is 6.88. The second-order valence-corrected chi connectivity index (χ2v) is 5.35. The van der Waals surface area contributed by atoms with Gasteiger partial charge in [-0.2, -0.15) is 0 Å². The molecular formula is C13H19ClN4O2. The number of hydrogen-bond donors (Lipinski definition) is 2. The van der Waals surface area contributed by atoms with E-state index in [1.807, 2.05) is 0 Å². The molecule has 2 rings (SSSR count). The number of anilines is 1. The number of carbonyl (C=O) groups excluding carboxylic acids is 1. The van der Waals surface area contributed by atoms with Crippen molar-refractivity contribution in [2.45, 2.75) is 12.8 Å². The first-order chi connectivity index (χ1) is 9.61. The van der Waals surface area contributed by atoms with Crippen LogP contribution in [-0.4, -0.2) is 42.6 Å². The predicted octanol–water partition coefficient (Wildman–Crippen LogP) is 1.52. The van der Waals surface area contributed by atoms with Crippen molar-refractivity contribution in [3.63, 3.8) is 0 Å². The molecule has 1 amide bonds. The molecule has 20 heavy (non-hydrogen) atoms. The third kappa shape index (κ3) is 3.59. The van der Waals surface area contributed by atoms with Gasteiger partial charge in [-0.1, -0.05) is 11.6 Å². The molecule has 0 spiro atoms. The number of nitrogens with zero attached hydrogens (tertiary/aromatic N) is 2. The lowest BCUT2D eigenvalue weighted by Gasteiger charge is -2.27. The Morgan fingerprint density at radius 1 is 1.65 bits per heavy atom. The van der Waals surface area contributed by atoms with Gasteiger partial charge in [-0.25, -0.2) is 10.8 Å². The average Bonchev–Trinajstić information content (AvgIpc) is 2.48. The summed E-state index contributed by atoms with van der Waals surface area (Å²) in [6, 6.07) is 3.22. The second-order valence-electron chi connectivity index (χ2n) is 4.94. The van der Waals surface area contributed by atoms with Gasteiger partial charge < -0.3 is 15.1 Å². The van der Waals surface area contributed by atoms with Crippen LogP contribution in [0.15, 0.2) is 12.1 Å². The number of rotatable bonds is 4. The quantitative estimate of drug-likeness (QED) is 0.651. The molecule has 1 fully saturated rings. The van der Waals surface area contributed by atoms with Crippen molar-refractivity contribution < 1.29 is 9.53 Å². The van der Waals surface area contributed by atoms with E-state index in [0.29, 0.717) is 29.9 Å². The minimum absolute atomic E-state index is 0.210. The highest BCUT2D eigenvalue weighted by Gasteiger charge is 2.22. The van der Waals surface area contributed by atoms with Crippen molar-refractivity contribution in [1.82, 2.24) is 9.88 Å². The number of halogens is 1. The summed E-state index contributed by atoms with van der Waals surface area (Å²) in [7, 11) is 1.75. The summed E-state index contributed by atoms with van der Waals surface area (Å²) in [6.07, 6.45) is 2.11. The zero-order valence-corrected chi connectivity index (χ0v) is 12.2. The molecule has 1 aromatic heterocycles. The summed E-state index contributed by atoms with van der Waals surface area (Å²) in [5.41, 5.74) is 2.62. The lowest BCUT2D eigenvalue weighted by atomic mass is 10.0. The summed E-state index contributed by atoms with van der Waals surface area (Å²) in [4.78, 5) is 18.1. The molecule has 1 aliphatic rings. The molecule has 1 aromatic rings. The van der Waals surface area contributed by atoms with Crippen molar-refractivity contribution in [2.75, 3.05) is 32.2 Å². The maximum Gasteiger partial charge on any atom is 0.273 e. The highest BCUT2D eigenvalue weighted by molar-refractivity contribution is 6.33. The number of amides is 1. The molecule has 0 aromatic carbocycles. The Morgan fingerprint density at radius 3 is 3.10 bits per heavy atom. The lowest BCUT2D eigenvalue weighted by molar-refractivity contribution is 0.0387. The fourth-order valence-electron chi connectivity index (χ4n) is 2.27. The van der Waals surface area contributed by atoms with Crippen LogP contribution in [0.25, 0.3) is 0 Å². The third-order valence-electron chi connectivity index (χ3n) is 3.33. The van der Waals surface area contributed by atoms with Crippen LogP contribution in [0.1, 0.15) is 23.3 Å². The van der Waals surface area contributed by atoms with Crippen LogP contribution in [0.5, 0.6) is 0 Å². The lowest BCUT2D eigenvalue weighted by Crippen LogP contribution is -2.35. The van der Waals surface area contributed by atoms with Crippen LogP contribution in [0.3, 0.4) is 0 Å². The molecule has 0 bridgehead atoms. The van der Waals surface area contributed by atoms with Gasteiger partial charge in [0.1, 0.15) is 11.5 Å². The topological polar surface area (TPSA) is 80.5 Å². The van der Waals surface area contributed by atoms with E-state index in [4.69, 9.17) is 22.2 Å². The Hall–Kier alpha value is -1.37. The van der Waals surface area contributed by atoms with Crippen LogP contribution in [-0.2, 0) is 4.74 Å². The highest BCUT2D eigenvalue weighted by Crippen LogP contribution is 2.20. The maximum atomic E-state index is 12.4. The van der Waals surface area contributed by atoms with Gasteiger partial charge in [0, 0.05) is 20.2 Å². The molecule has 110 valence electrons. The van der Waals surface area contributed by atoms with Gasteiger partial charge in [0.25, 0.3) is 5.91 Å². The van der Waals surface area contributed by atoms with Crippen LogP contribution in [0.2, 0.25) is 5.02 Å². The van der Waals surface area contributed by atoms with Gasteiger partial charge in [-0.3, -0.25) is 4.79 Å². The molecule has 1 saturated heterocycles. The fraction of sp³-hybridized carbons (Fsp3) is 0.538. The number of nitrogen functional groups attached to an aromatic ring is 1. The SMILES string of the molecule is CN(CC1CCCOC1)C(=O)c1nc(NN)ccc1Cl. The molecule has 1 aliphatic heterocycles. The molecule has 0 saturated carbocycles.